The molecule has 0 saturated carbocycles. The zero-order valence-electron chi connectivity index (χ0n) is 9.90. The maximum absolute atomic E-state index is 12.8. The van der Waals surface area contributed by atoms with Gasteiger partial charge in [-0.25, -0.2) is 4.39 Å². The van der Waals surface area contributed by atoms with Crippen molar-refractivity contribution in [3.05, 3.63) is 29.6 Å². The Balaban J connectivity index is 2.43. The number of carbonyl (C=O) groups is 1. The highest BCUT2D eigenvalue weighted by Crippen LogP contribution is 2.18. The predicted octanol–water partition coefficient (Wildman–Crippen LogP) is 1.40. The van der Waals surface area contributed by atoms with Crippen molar-refractivity contribution < 1.29 is 18.7 Å². The second kappa shape index (κ2) is 6.20. The number of methoxy groups -OCH3 is 1. The number of carbonyl (C=O) groups excluding carboxylic acids is 1. The summed E-state index contributed by atoms with van der Waals surface area (Å²) in [4.78, 5) is 11.0. The first kappa shape index (κ1) is 13.4. The van der Waals surface area contributed by atoms with E-state index >= 15 is 0 Å². The first-order valence-electron chi connectivity index (χ1n) is 5.27. The van der Waals surface area contributed by atoms with Crippen molar-refractivity contribution in [1.82, 2.24) is 0 Å². The SMILES string of the molecule is COC(=O)C(N)CCOc1ccc(F)cc1C. The van der Waals surface area contributed by atoms with Crippen LogP contribution in [0, 0.1) is 12.7 Å². The molecule has 0 spiro atoms. The van der Waals surface area contributed by atoms with E-state index in [1.54, 1.807) is 13.0 Å². The Kier molecular flexibility index (Phi) is 4.90. The third kappa shape index (κ3) is 4.03. The van der Waals surface area contributed by atoms with Crippen molar-refractivity contribution in [3.8, 4) is 5.75 Å². The first-order chi connectivity index (χ1) is 8.04. The van der Waals surface area contributed by atoms with E-state index in [0.717, 1.165) is 0 Å². The van der Waals surface area contributed by atoms with Crippen LogP contribution >= 0.6 is 0 Å². The minimum atomic E-state index is -0.694. The molecule has 0 heterocycles. The van der Waals surface area contributed by atoms with Gasteiger partial charge in [0.05, 0.1) is 13.7 Å². The van der Waals surface area contributed by atoms with E-state index in [-0.39, 0.29) is 12.4 Å². The average Bonchev–Trinajstić information content (AvgIpc) is 2.30. The fourth-order valence-electron chi connectivity index (χ4n) is 1.34. The third-order valence-corrected chi connectivity index (χ3v) is 2.33. The van der Waals surface area contributed by atoms with Crippen LogP contribution in [0.15, 0.2) is 18.2 Å². The Morgan fingerprint density at radius 1 is 1.53 bits per heavy atom. The van der Waals surface area contributed by atoms with Gasteiger partial charge in [0.25, 0.3) is 0 Å². The zero-order valence-corrected chi connectivity index (χ0v) is 9.90. The Labute approximate surface area is 99.5 Å². The molecule has 1 aromatic rings. The monoisotopic (exact) mass is 241 g/mol. The number of aryl methyl sites for hydroxylation is 1. The van der Waals surface area contributed by atoms with Crippen molar-refractivity contribution >= 4 is 5.97 Å². The summed E-state index contributed by atoms with van der Waals surface area (Å²) in [5.41, 5.74) is 6.24. The van der Waals surface area contributed by atoms with Gasteiger partial charge in [-0.3, -0.25) is 4.79 Å². The van der Waals surface area contributed by atoms with Crippen LogP contribution < -0.4 is 10.5 Å². The Hall–Kier alpha value is -1.62. The highest BCUT2D eigenvalue weighted by molar-refractivity contribution is 5.75. The van der Waals surface area contributed by atoms with Gasteiger partial charge in [-0.05, 0) is 30.7 Å². The van der Waals surface area contributed by atoms with Crippen LogP contribution in [-0.4, -0.2) is 25.7 Å². The summed E-state index contributed by atoms with van der Waals surface area (Å²) < 4.78 is 22.7. The molecule has 0 aliphatic carbocycles. The van der Waals surface area contributed by atoms with Crippen LogP contribution in [0.25, 0.3) is 0 Å². The highest BCUT2D eigenvalue weighted by Gasteiger charge is 2.13. The predicted molar refractivity (Wildman–Crippen MR) is 61.2 cm³/mol. The topological polar surface area (TPSA) is 61.5 Å². The van der Waals surface area contributed by atoms with Gasteiger partial charge in [0, 0.05) is 6.42 Å². The number of rotatable bonds is 5. The molecule has 94 valence electrons. The van der Waals surface area contributed by atoms with E-state index < -0.39 is 12.0 Å². The molecular weight excluding hydrogens is 225 g/mol. The quantitative estimate of drug-likeness (QED) is 0.792. The standard InChI is InChI=1S/C12H16FNO3/c1-8-7-9(13)3-4-11(8)17-6-5-10(14)12(15)16-2/h3-4,7,10H,5-6,14H2,1-2H3. The second-order valence-corrected chi connectivity index (χ2v) is 3.68. The normalized spacial score (nSPS) is 12.0. The molecule has 0 saturated heterocycles. The van der Waals surface area contributed by atoms with E-state index in [1.807, 2.05) is 0 Å². The van der Waals surface area contributed by atoms with Gasteiger partial charge in [-0.15, -0.1) is 0 Å². The molecule has 1 aromatic carbocycles. The molecule has 1 unspecified atom stereocenters. The smallest absolute Gasteiger partial charge is 0.322 e. The lowest BCUT2D eigenvalue weighted by molar-refractivity contribution is -0.142. The van der Waals surface area contributed by atoms with Gasteiger partial charge in [-0.1, -0.05) is 0 Å². The number of ether oxygens (including phenoxy) is 2. The van der Waals surface area contributed by atoms with E-state index in [9.17, 15) is 9.18 Å². The molecule has 0 aromatic heterocycles. The van der Waals surface area contributed by atoms with E-state index in [1.165, 1.54) is 19.2 Å². The second-order valence-electron chi connectivity index (χ2n) is 3.68. The number of esters is 1. The van der Waals surface area contributed by atoms with Crippen molar-refractivity contribution in [2.24, 2.45) is 5.73 Å². The van der Waals surface area contributed by atoms with Gasteiger partial charge in [0.15, 0.2) is 0 Å². The summed E-state index contributed by atoms with van der Waals surface area (Å²) >= 11 is 0. The van der Waals surface area contributed by atoms with Crippen molar-refractivity contribution in [1.29, 1.82) is 0 Å². The fourth-order valence-corrected chi connectivity index (χ4v) is 1.34. The van der Waals surface area contributed by atoms with Crippen molar-refractivity contribution in [2.45, 2.75) is 19.4 Å². The molecule has 2 N–H and O–H groups in total. The fraction of sp³-hybridized carbons (Fsp3) is 0.417. The largest absolute Gasteiger partial charge is 0.493 e. The Morgan fingerprint density at radius 2 is 2.24 bits per heavy atom. The number of halogens is 1. The summed E-state index contributed by atoms with van der Waals surface area (Å²) in [7, 11) is 1.28. The lowest BCUT2D eigenvalue weighted by Crippen LogP contribution is -2.33. The molecule has 4 nitrogen and oxygen atoms in total. The number of nitrogens with two attached hydrogens (primary N) is 1. The van der Waals surface area contributed by atoms with Crippen LogP contribution in [-0.2, 0) is 9.53 Å². The summed E-state index contributed by atoms with van der Waals surface area (Å²) in [6, 6.07) is 3.56. The van der Waals surface area contributed by atoms with E-state index in [0.29, 0.717) is 17.7 Å². The Bertz CT molecular complexity index is 395. The van der Waals surface area contributed by atoms with Gasteiger partial charge < -0.3 is 15.2 Å². The van der Waals surface area contributed by atoms with Gasteiger partial charge in [0.1, 0.15) is 17.6 Å². The average molecular weight is 241 g/mol. The van der Waals surface area contributed by atoms with Gasteiger partial charge >= 0.3 is 5.97 Å². The zero-order chi connectivity index (χ0) is 12.8. The van der Waals surface area contributed by atoms with E-state index in [4.69, 9.17) is 10.5 Å². The molecule has 1 atom stereocenters. The van der Waals surface area contributed by atoms with Crippen LogP contribution in [0.3, 0.4) is 0 Å². The molecule has 0 bridgehead atoms. The molecule has 0 fully saturated rings. The molecule has 0 aliphatic rings. The number of hydrogen-bond acceptors (Lipinski definition) is 4. The van der Waals surface area contributed by atoms with E-state index in [2.05, 4.69) is 4.74 Å². The highest BCUT2D eigenvalue weighted by atomic mass is 19.1. The summed E-state index contributed by atoms with van der Waals surface area (Å²) in [6.45, 7) is 2.03. The minimum absolute atomic E-state index is 0.280. The van der Waals surface area contributed by atoms with Gasteiger partial charge in [0.2, 0.25) is 0 Å². The molecular formula is C12H16FNO3. The van der Waals surface area contributed by atoms with Gasteiger partial charge in [-0.2, -0.15) is 0 Å². The molecule has 0 aliphatic heterocycles. The van der Waals surface area contributed by atoms with Crippen LogP contribution in [0.5, 0.6) is 5.75 Å². The van der Waals surface area contributed by atoms with Crippen LogP contribution in [0.2, 0.25) is 0 Å². The third-order valence-electron chi connectivity index (χ3n) is 2.33. The first-order valence-corrected chi connectivity index (χ1v) is 5.27. The molecule has 17 heavy (non-hydrogen) atoms. The van der Waals surface area contributed by atoms with Crippen molar-refractivity contribution in [2.75, 3.05) is 13.7 Å². The molecule has 0 amide bonds. The molecule has 1 rings (SSSR count). The maximum atomic E-state index is 12.8. The van der Waals surface area contributed by atoms with Crippen LogP contribution in [0.1, 0.15) is 12.0 Å². The van der Waals surface area contributed by atoms with Crippen LogP contribution in [0.4, 0.5) is 4.39 Å². The molecule has 5 heteroatoms. The lowest BCUT2D eigenvalue weighted by Gasteiger charge is -2.11. The Morgan fingerprint density at radius 3 is 2.82 bits per heavy atom. The number of hydrogen-bond donors (Lipinski definition) is 1. The molecule has 0 radical (unpaired) electrons. The summed E-state index contributed by atoms with van der Waals surface area (Å²) in [5.74, 6) is -0.186. The number of benzene rings is 1. The lowest BCUT2D eigenvalue weighted by atomic mass is 10.2. The van der Waals surface area contributed by atoms with Crippen molar-refractivity contribution in [3.63, 3.8) is 0 Å². The minimum Gasteiger partial charge on any atom is -0.493 e. The summed E-state index contributed by atoms with van der Waals surface area (Å²) in [6.07, 6.45) is 0.351. The summed E-state index contributed by atoms with van der Waals surface area (Å²) in [5, 5.41) is 0. The maximum Gasteiger partial charge on any atom is 0.322 e.